The van der Waals surface area contributed by atoms with Crippen molar-refractivity contribution in [2.75, 3.05) is 20.8 Å². The van der Waals surface area contributed by atoms with Crippen molar-refractivity contribution in [2.24, 2.45) is 5.92 Å². The van der Waals surface area contributed by atoms with E-state index in [1.807, 2.05) is 28.5 Å². The quantitative estimate of drug-likeness (QED) is 0.624. The van der Waals surface area contributed by atoms with Crippen LogP contribution < -0.4 is 9.47 Å². The summed E-state index contributed by atoms with van der Waals surface area (Å²) in [4.78, 5) is 31.3. The molecule has 7 nitrogen and oxygen atoms in total. The molecular formula is C22H26N2O5S. The van der Waals surface area contributed by atoms with E-state index in [0.717, 1.165) is 36.3 Å². The molecule has 1 aliphatic heterocycles. The molecule has 30 heavy (non-hydrogen) atoms. The van der Waals surface area contributed by atoms with Gasteiger partial charge in [0.05, 0.1) is 31.4 Å². The van der Waals surface area contributed by atoms with E-state index in [-0.39, 0.29) is 30.8 Å². The Morgan fingerprint density at radius 2 is 2.03 bits per heavy atom. The molecule has 0 radical (unpaired) electrons. The molecular weight excluding hydrogens is 404 g/mol. The molecule has 1 aromatic heterocycles. The number of thiazole rings is 1. The molecule has 8 heteroatoms. The van der Waals surface area contributed by atoms with Gasteiger partial charge in [-0.1, -0.05) is 18.9 Å². The van der Waals surface area contributed by atoms with Gasteiger partial charge in [0.1, 0.15) is 11.6 Å². The number of para-hydroxylation sites is 1. The lowest BCUT2D eigenvalue weighted by Crippen LogP contribution is -2.35. The van der Waals surface area contributed by atoms with Crippen LogP contribution in [0, 0.1) is 5.92 Å². The van der Waals surface area contributed by atoms with E-state index < -0.39 is 0 Å². The molecule has 1 amide bonds. The Morgan fingerprint density at radius 1 is 1.23 bits per heavy atom. The van der Waals surface area contributed by atoms with E-state index in [2.05, 4.69) is 4.98 Å². The molecule has 0 N–H and O–H groups in total. The van der Waals surface area contributed by atoms with Gasteiger partial charge in [0, 0.05) is 24.4 Å². The van der Waals surface area contributed by atoms with Crippen LogP contribution in [-0.4, -0.2) is 48.6 Å². The van der Waals surface area contributed by atoms with Crippen molar-refractivity contribution < 1.29 is 23.8 Å². The van der Waals surface area contributed by atoms with Crippen molar-refractivity contribution in [2.45, 2.75) is 44.8 Å². The summed E-state index contributed by atoms with van der Waals surface area (Å²) in [5.41, 5.74) is 1.50. The van der Waals surface area contributed by atoms with E-state index in [9.17, 15) is 9.59 Å². The first-order valence-electron chi connectivity index (χ1n) is 10.2. The summed E-state index contributed by atoms with van der Waals surface area (Å²) in [5.74, 6) is 0.627. The third-order valence-electron chi connectivity index (χ3n) is 5.80. The summed E-state index contributed by atoms with van der Waals surface area (Å²) in [6.45, 7) is 0.571. The van der Waals surface area contributed by atoms with Crippen molar-refractivity contribution in [3.63, 3.8) is 0 Å². The van der Waals surface area contributed by atoms with Crippen LogP contribution in [-0.2, 0) is 20.9 Å². The Kier molecular flexibility index (Phi) is 6.22. The number of benzene rings is 1. The first-order valence-corrected chi connectivity index (χ1v) is 11.1. The van der Waals surface area contributed by atoms with Crippen molar-refractivity contribution in [1.82, 2.24) is 9.88 Å². The number of ether oxygens (including phenoxy) is 3. The molecule has 1 saturated heterocycles. The number of hydrogen-bond donors (Lipinski definition) is 0. The van der Waals surface area contributed by atoms with E-state index >= 15 is 0 Å². The summed E-state index contributed by atoms with van der Waals surface area (Å²) < 4.78 is 16.3. The number of methoxy groups -OCH3 is 2. The van der Waals surface area contributed by atoms with Gasteiger partial charge in [0.25, 0.3) is 0 Å². The highest BCUT2D eigenvalue weighted by molar-refractivity contribution is 7.13. The van der Waals surface area contributed by atoms with Crippen LogP contribution in [0.3, 0.4) is 0 Å². The van der Waals surface area contributed by atoms with Gasteiger partial charge in [-0.2, -0.15) is 0 Å². The number of nitrogens with zero attached hydrogens (tertiary/aromatic N) is 2. The van der Waals surface area contributed by atoms with Gasteiger partial charge >= 0.3 is 5.97 Å². The van der Waals surface area contributed by atoms with Crippen molar-refractivity contribution in [3.8, 4) is 22.1 Å². The summed E-state index contributed by atoms with van der Waals surface area (Å²) in [5, 5.41) is 2.63. The van der Waals surface area contributed by atoms with Crippen LogP contribution in [0.5, 0.6) is 11.5 Å². The molecule has 1 saturated carbocycles. The minimum atomic E-state index is -0.380. The molecule has 2 fully saturated rings. The molecule has 0 unspecified atom stereocenters. The number of carbonyl (C=O) groups excluding carboxylic acids is 2. The number of carbonyl (C=O) groups is 2. The zero-order chi connectivity index (χ0) is 21.1. The molecule has 1 atom stereocenters. The smallest absolute Gasteiger partial charge is 0.311 e. The van der Waals surface area contributed by atoms with Crippen LogP contribution in [0.4, 0.5) is 0 Å². The molecule has 0 spiro atoms. The molecule has 1 aromatic carbocycles. The fourth-order valence-corrected chi connectivity index (χ4v) is 5.10. The number of likely N-dealkylation sites (tertiary alicyclic amines) is 1. The third-order valence-corrected chi connectivity index (χ3v) is 6.73. The Hall–Kier alpha value is -2.61. The lowest BCUT2D eigenvalue weighted by Gasteiger charge is -2.23. The second-order valence-electron chi connectivity index (χ2n) is 7.68. The van der Waals surface area contributed by atoms with E-state index in [0.29, 0.717) is 29.8 Å². The predicted octanol–water partition coefficient (Wildman–Crippen LogP) is 3.66. The standard InChI is InChI=1S/C22H26N2O5S/c1-27-18-9-5-8-17(20(18)28-2)21-23-15(13-30-21)12-29-22(26)14-10-19(25)24(11-14)16-6-3-4-7-16/h5,8-9,13-14,16H,3-4,6-7,10-12H2,1-2H3/t14-/m1/s1. The van der Waals surface area contributed by atoms with Crippen LogP contribution in [0.2, 0.25) is 0 Å². The van der Waals surface area contributed by atoms with Crippen molar-refractivity contribution in [1.29, 1.82) is 0 Å². The third kappa shape index (κ3) is 4.14. The number of hydrogen-bond acceptors (Lipinski definition) is 7. The molecule has 2 aromatic rings. The Bertz CT molecular complexity index is 922. The minimum absolute atomic E-state index is 0.0740. The fraction of sp³-hybridized carbons (Fsp3) is 0.500. The molecule has 160 valence electrons. The highest BCUT2D eigenvalue weighted by Gasteiger charge is 2.39. The lowest BCUT2D eigenvalue weighted by atomic mass is 10.1. The largest absolute Gasteiger partial charge is 0.493 e. The molecule has 2 heterocycles. The highest BCUT2D eigenvalue weighted by Crippen LogP contribution is 2.39. The number of amides is 1. The Balaban J connectivity index is 1.37. The summed E-state index contributed by atoms with van der Waals surface area (Å²) >= 11 is 1.45. The number of esters is 1. The van der Waals surface area contributed by atoms with Gasteiger partial charge in [-0.3, -0.25) is 9.59 Å². The van der Waals surface area contributed by atoms with Gasteiger partial charge in [-0.25, -0.2) is 4.98 Å². The van der Waals surface area contributed by atoms with Crippen molar-refractivity contribution in [3.05, 3.63) is 29.3 Å². The van der Waals surface area contributed by atoms with E-state index in [4.69, 9.17) is 14.2 Å². The van der Waals surface area contributed by atoms with Crippen LogP contribution in [0.1, 0.15) is 37.8 Å². The van der Waals surface area contributed by atoms with Gasteiger partial charge in [0.15, 0.2) is 11.5 Å². The summed E-state index contributed by atoms with van der Waals surface area (Å²) in [7, 11) is 3.19. The highest BCUT2D eigenvalue weighted by atomic mass is 32.1. The monoisotopic (exact) mass is 430 g/mol. The molecule has 0 bridgehead atoms. The van der Waals surface area contributed by atoms with Crippen LogP contribution >= 0.6 is 11.3 Å². The predicted molar refractivity (Wildman–Crippen MR) is 113 cm³/mol. The second kappa shape index (κ2) is 9.04. The normalized spacial score (nSPS) is 19.3. The van der Waals surface area contributed by atoms with E-state index in [1.54, 1.807) is 14.2 Å². The molecule has 4 rings (SSSR count). The Labute approximate surface area is 180 Å². The minimum Gasteiger partial charge on any atom is -0.493 e. The maximum Gasteiger partial charge on any atom is 0.311 e. The lowest BCUT2D eigenvalue weighted by molar-refractivity contribution is -0.149. The maximum atomic E-state index is 12.5. The SMILES string of the molecule is COc1cccc(-c2nc(COC(=O)[C@@H]3CC(=O)N(C4CCCC4)C3)cs2)c1OC. The first-order chi connectivity index (χ1) is 14.6. The zero-order valence-corrected chi connectivity index (χ0v) is 18.1. The molecule has 1 aliphatic carbocycles. The number of rotatable bonds is 7. The van der Waals surface area contributed by atoms with Gasteiger partial charge in [0.2, 0.25) is 5.91 Å². The van der Waals surface area contributed by atoms with Gasteiger partial charge in [-0.15, -0.1) is 11.3 Å². The van der Waals surface area contributed by atoms with Gasteiger partial charge in [-0.05, 0) is 25.0 Å². The zero-order valence-electron chi connectivity index (χ0n) is 17.3. The summed E-state index contributed by atoms with van der Waals surface area (Å²) in [6.07, 6.45) is 4.66. The topological polar surface area (TPSA) is 78.0 Å². The number of aromatic nitrogens is 1. The molecule has 2 aliphatic rings. The van der Waals surface area contributed by atoms with Gasteiger partial charge < -0.3 is 19.1 Å². The first kappa shape index (κ1) is 20.7. The van der Waals surface area contributed by atoms with E-state index in [1.165, 1.54) is 11.3 Å². The maximum absolute atomic E-state index is 12.5. The Morgan fingerprint density at radius 3 is 2.77 bits per heavy atom. The second-order valence-corrected chi connectivity index (χ2v) is 8.54. The van der Waals surface area contributed by atoms with Crippen molar-refractivity contribution >= 4 is 23.2 Å². The summed E-state index contributed by atoms with van der Waals surface area (Å²) in [6, 6.07) is 5.92. The average molecular weight is 431 g/mol. The van der Waals surface area contributed by atoms with Crippen LogP contribution in [0.25, 0.3) is 10.6 Å². The fourth-order valence-electron chi connectivity index (χ4n) is 4.27. The average Bonchev–Trinajstić information content (AvgIpc) is 3.52. The van der Waals surface area contributed by atoms with Crippen LogP contribution in [0.15, 0.2) is 23.6 Å².